The van der Waals surface area contributed by atoms with Crippen LogP contribution < -0.4 is 16.0 Å². The Morgan fingerprint density at radius 3 is 2.19 bits per heavy atom. The highest BCUT2D eigenvalue weighted by Gasteiger charge is 2.33. The van der Waals surface area contributed by atoms with Gasteiger partial charge in [0.05, 0.1) is 0 Å². The Hall–Kier alpha value is -4.51. The van der Waals surface area contributed by atoms with Gasteiger partial charge in [0.15, 0.2) is 0 Å². The van der Waals surface area contributed by atoms with Crippen LogP contribution in [0.3, 0.4) is 0 Å². The molecule has 1 aliphatic heterocycles. The van der Waals surface area contributed by atoms with Crippen LogP contribution in [-0.4, -0.2) is 81.5 Å². The van der Waals surface area contributed by atoms with Gasteiger partial charge < -0.3 is 20.9 Å². The minimum absolute atomic E-state index is 0.0124. The van der Waals surface area contributed by atoms with Crippen molar-refractivity contribution < 1.29 is 19.2 Å². The number of nitrogens with zero attached hydrogens (tertiary/aromatic N) is 4. The zero-order valence-corrected chi connectivity index (χ0v) is 28.4. The summed E-state index contributed by atoms with van der Waals surface area (Å²) in [5, 5.41) is 13.2. The Labute approximate surface area is 283 Å². The number of rotatable bonds is 13. The van der Waals surface area contributed by atoms with Gasteiger partial charge in [-0.3, -0.25) is 28.8 Å². The maximum atomic E-state index is 13.7. The van der Waals surface area contributed by atoms with E-state index in [0.717, 1.165) is 50.9 Å². The molecule has 1 saturated carbocycles. The van der Waals surface area contributed by atoms with E-state index >= 15 is 0 Å². The predicted octanol–water partition coefficient (Wildman–Crippen LogP) is 4.17. The van der Waals surface area contributed by atoms with Crippen LogP contribution in [0.2, 0.25) is 0 Å². The number of aromatic nitrogens is 2. The van der Waals surface area contributed by atoms with Crippen LogP contribution in [-0.2, 0) is 27.3 Å². The molecular formula is C37H49N7O4. The zero-order chi connectivity index (χ0) is 34.0. The molecule has 5 rings (SSSR count). The predicted molar refractivity (Wildman–Crippen MR) is 185 cm³/mol. The largest absolute Gasteiger partial charge is 0.344 e. The fraction of sp³-hybridized carbons (Fsp3) is 0.486. The normalized spacial score (nSPS) is 16.8. The second-order valence-corrected chi connectivity index (χ2v) is 13.2. The average molecular weight is 656 g/mol. The second-order valence-electron chi connectivity index (χ2n) is 13.2. The molecule has 2 aromatic carbocycles. The minimum atomic E-state index is -0.681. The molecule has 48 heavy (non-hydrogen) atoms. The Morgan fingerprint density at radius 2 is 1.54 bits per heavy atom. The van der Waals surface area contributed by atoms with Gasteiger partial charge in [0, 0.05) is 63.5 Å². The van der Waals surface area contributed by atoms with E-state index in [2.05, 4.69) is 38.1 Å². The molecule has 11 nitrogen and oxygen atoms in total. The first-order chi connectivity index (χ1) is 23.2. The maximum absolute atomic E-state index is 13.7. The molecule has 256 valence electrons. The van der Waals surface area contributed by atoms with Gasteiger partial charge >= 0.3 is 0 Å². The van der Waals surface area contributed by atoms with Gasteiger partial charge in [0.25, 0.3) is 5.91 Å². The summed E-state index contributed by atoms with van der Waals surface area (Å²) in [6, 6.07) is 18.0. The van der Waals surface area contributed by atoms with Crippen LogP contribution in [0.25, 0.3) is 0 Å². The van der Waals surface area contributed by atoms with E-state index in [-0.39, 0.29) is 42.0 Å². The third kappa shape index (κ3) is 9.09. The molecule has 0 spiro atoms. The van der Waals surface area contributed by atoms with Gasteiger partial charge in [-0.15, -0.1) is 0 Å². The smallest absolute Gasteiger partial charge is 0.270 e. The third-order valence-corrected chi connectivity index (χ3v) is 9.38. The zero-order valence-electron chi connectivity index (χ0n) is 28.4. The SMILES string of the molecule is CCC(=O)NC(Cc1ccc(NC(=O)C(NC(=O)c2ccnn2C(C)C)C2CCCC2)cc1)C(=O)N1CCN(Cc2ccccc2)CC1. The number of hydrogen-bond acceptors (Lipinski definition) is 6. The number of hydrogen-bond donors (Lipinski definition) is 3. The van der Waals surface area contributed by atoms with Gasteiger partial charge in [-0.05, 0) is 61.9 Å². The molecular weight excluding hydrogens is 606 g/mol. The summed E-state index contributed by atoms with van der Waals surface area (Å²) in [6.45, 7) is 9.29. The number of benzene rings is 2. The van der Waals surface area contributed by atoms with Crippen LogP contribution in [0.1, 0.15) is 80.5 Å². The molecule has 3 N–H and O–H groups in total. The fourth-order valence-electron chi connectivity index (χ4n) is 6.67. The van der Waals surface area contributed by atoms with E-state index in [9.17, 15) is 19.2 Å². The van der Waals surface area contributed by atoms with Crippen molar-refractivity contribution in [3.63, 3.8) is 0 Å². The van der Waals surface area contributed by atoms with Crippen LogP contribution in [0.15, 0.2) is 66.9 Å². The maximum Gasteiger partial charge on any atom is 0.270 e. The first-order valence-corrected chi connectivity index (χ1v) is 17.3. The number of anilines is 1. The van der Waals surface area contributed by atoms with Crippen molar-refractivity contribution in [1.82, 2.24) is 30.2 Å². The van der Waals surface area contributed by atoms with Crippen molar-refractivity contribution in [2.45, 2.75) is 84.0 Å². The monoisotopic (exact) mass is 655 g/mol. The van der Waals surface area contributed by atoms with E-state index in [4.69, 9.17) is 0 Å². The Bertz CT molecular complexity index is 1520. The summed E-state index contributed by atoms with van der Waals surface area (Å²) < 4.78 is 1.66. The summed E-state index contributed by atoms with van der Waals surface area (Å²) in [6.07, 6.45) is 6.04. The van der Waals surface area contributed by atoms with E-state index in [1.165, 1.54) is 5.56 Å². The number of piperazine rings is 1. The molecule has 2 atom stereocenters. The fourth-order valence-corrected chi connectivity index (χ4v) is 6.67. The highest BCUT2D eigenvalue weighted by atomic mass is 16.2. The lowest BCUT2D eigenvalue weighted by atomic mass is 9.96. The Balaban J connectivity index is 1.20. The molecule has 2 fully saturated rings. The second kappa shape index (κ2) is 16.5. The van der Waals surface area contributed by atoms with Gasteiger partial charge in [0.1, 0.15) is 17.8 Å². The van der Waals surface area contributed by atoms with Crippen molar-refractivity contribution >= 4 is 29.3 Å². The summed E-state index contributed by atoms with van der Waals surface area (Å²) in [5.41, 5.74) is 3.15. The molecule has 2 heterocycles. The van der Waals surface area contributed by atoms with Gasteiger partial charge in [-0.1, -0.05) is 62.2 Å². The van der Waals surface area contributed by atoms with E-state index in [1.54, 1.807) is 36.0 Å². The lowest BCUT2D eigenvalue weighted by molar-refractivity contribution is -0.138. The van der Waals surface area contributed by atoms with Crippen molar-refractivity contribution in [2.75, 3.05) is 31.5 Å². The van der Waals surface area contributed by atoms with Gasteiger partial charge in [-0.2, -0.15) is 5.10 Å². The average Bonchev–Trinajstić information content (AvgIpc) is 3.82. The van der Waals surface area contributed by atoms with Gasteiger partial charge in [0.2, 0.25) is 17.7 Å². The van der Waals surface area contributed by atoms with Crippen molar-refractivity contribution in [2.24, 2.45) is 5.92 Å². The number of carbonyl (C=O) groups is 4. The first-order valence-electron chi connectivity index (χ1n) is 17.3. The molecule has 0 radical (unpaired) electrons. The summed E-state index contributed by atoms with van der Waals surface area (Å²) in [7, 11) is 0. The minimum Gasteiger partial charge on any atom is -0.344 e. The molecule has 2 aliphatic rings. The molecule has 0 bridgehead atoms. The standard InChI is InChI=1S/C37H49N7O4/c1-4-33(45)40-31(37(48)43-22-20-42(21-23-43)25-28-10-6-5-7-11-28)24-27-14-16-30(17-15-27)39-36(47)34(29-12-8-9-13-29)41-35(46)32-18-19-38-44(32)26(2)3/h5-7,10-11,14-19,26,29,31,34H,4,8-9,12-13,20-25H2,1-3H3,(H,39,47)(H,40,45)(H,41,46). The quantitative estimate of drug-likeness (QED) is 0.254. The third-order valence-electron chi connectivity index (χ3n) is 9.38. The first kappa shape index (κ1) is 34.8. The number of nitrogens with one attached hydrogen (secondary N) is 3. The lowest BCUT2D eigenvalue weighted by Crippen LogP contribution is -2.55. The molecule has 2 unspecified atom stereocenters. The van der Waals surface area contributed by atoms with E-state index in [0.29, 0.717) is 30.9 Å². The summed E-state index contributed by atoms with van der Waals surface area (Å²) in [4.78, 5) is 57.1. The topological polar surface area (TPSA) is 129 Å². The summed E-state index contributed by atoms with van der Waals surface area (Å²) >= 11 is 0. The van der Waals surface area contributed by atoms with Crippen LogP contribution in [0, 0.1) is 5.92 Å². The van der Waals surface area contributed by atoms with E-state index in [1.807, 2.05) is 49.1 Å². The molecule has 11 heteroatoms. The van der Waals surface area contributed by atoms with E-state index < -0.39 is 12.1 Å². The molecule has 1 saturated heterocycles. The van der Waals surface area contributed by atoms with Crippen molar-refractivity contribution in [1.29, 1.82) is 0 Å². The highest BCUT2D eigenvalue weighted by Crippen LogP contribution is 2.29. The number of amides is 4. The Morgan fingerprint density at radius 1 is 0.854 bits per heavy atom. The number of carbonyl (C=O) groups excluding carboxylic acids is 4. The van der Waals surface area contributed by atoms with Gasteiger partial charge in [-0.25, -0.2) is 0 Å². The van der Waals surface area contributed by atoms with Crippen LogP contribution in [0.4, 0.5) is 5.69 Å². The van der Waals surface area contributed by atoms with Crippen LogP contribution >= 0.6 is 0 Å². The molecule has 1 aliphatic carbocycles. The Kier molecular flexibility index (Phi) is 12.0. The van der Waals surface area contributed by atoms with Crippen molar-refractivity contribution in [3.8, 4) is 0 Å². The molecule has 3 aromatic rings. The van der Waals surface area contributed by atoms with Crippen LogP contribution in [0.5, 0.6) is 0 Å². The lowest BCUT2D eigenvalue weighted by Gasteiger charge is -2.36. The molecule has 1 aromatic heterocycles. The van der Waals surface area contributed by atoms with Crippen molar-refractivity contribution in [3.05, 3.63) is 83.7 Å². The molecule has 4 amide bonds. The highest BCUT2D eigenvalue weighted by molar-refractivity contribution is 6.00. The summed E-state index contributed by atoms with van der Waals surface area (Å²) in [5.74, 6) is -0.768.